The summed E-state index contributed by atoms with van der Waals surface area (Å²) >= 11 is 6.03. The maximum Gasteiger partial charge on any atom is 0.225 e. The predicted octanol–water partition coefficient (Wildman–Crippen LogP) is 2.13. The zero-order valence-electron chi connectivity index (χ0n) is 14.0. The largest absolute Gasteiger partial charge is 0.380 e. The Balaban J connectivity index is 2.35. The average molecular weight is 366 g/mol. The molecule has 0 radical (unpaired) electrons. The molecule has 2 aromatic rings. The summed E-state index contributed by atoms with van der Waals surface area (Å²) in [6, 6.07) is 1.69. The van der Waals surface area contributed by atoms with Gasteiger partial charge >= 0.3 is 0 Å². The highest BCUT2D eigenvalue weighted by atomic mass is 35.5. The number of hydrogen-bond acceptors (Lipinski definition) is 9. The molecule has 134 valence electrons. The number of anilines is 3. The second-order valence-electron chi connectivity index (χ2n) is 4.82. The van der Waals surface area contributed by atoms with Crippen LogP contribution >= 0.6 is 11.6 Å². The van der Waals surface area contributed by atoms with Crippen molar-refractivity contribution in [2.24, 2.45) is 0 Å². The van der Waals surface area contributed by atoms with Gasteiger partial charge in [0.05, 0.1) is 18.9 Å². The first-order chi connectivity index (χ1) is 12.2. The molecule has 0 aliphatic heterocycles. The summed E-state index contributed by atoms with van der Waals surface area (Å²) in [6.07, 6.45) is 3.02. The van der Waals surface area contributed by atoms with Crippen molar-refractivity contribution in [3.05, 3.63) is 29.6 Å². The van der Waals surface area contributed by atoms with Crippen LogP contribution in [0.1, 0.15) is 12.6 Å². The van der Waals surface area contributed by atoms with Crippen LogP contribution in [0.2, 0.25) is 5.28 Å². The van der Waals surface area contributed by atoms with Crippen LogP contribution in [0.5, 0.6) is 0 Å². The highest BCUT2D eigenvalue weighted by Crippen LogP contribution is 2.27. The van der Waals surface area contributed by atoms with Crippen molar-refractivity contribution in [3.8, 4) is 0 Å². The first-order valence-corrected chi connectivity index (χ1v) is 8.02. The molecule has 0 spiro atoms. The van der Waals surface area contributed by atoms with Crippen LogP contribution in [0.4, 0.5) is 17.3 Å². The maximum atomic E-state index is 8.16. The molecular weight excluding hydrogens is 346 g/mol. The first kappa shape index (κ1) is 19.0. The van der Waals surface area contributed by atoms with Crippen molar-refractivity contribution in [1.29, 1.82) is 5.41 Å². The topological polar surface area (TPSA) is 118 Å². The van der Waals surface area contributed by atoms with Gasteiger partial charge in [0.1, 0.15) is 23.5 Å². The van der Waals surface area contributed by atoms with E-state index in [0.29, 0.717) is 42.8 Å². The molecule has 0 saturated heterocycles. The number of aromatic nitrogens is 4. The van der Waals surface area contributed by atoms with Crippen LogP contribution in [0.15, 0.2) is 18.6 Å². The summed E-state index contributed by atoms with van der Waals surface area (Å²) in [6.45, 7) is 3.67. The monoisotopic (exact) mass is 365 g/mol. The van der Waals surface area contributed by atoms with E-state index in [-0.39, 0.29) is 17.6 Å². The molecule has 3 N–H and O–H groups in total. The first-order valence-electron chi connectivity index (χ1n) is 7.64. The lowest BCUT2D eigenvalue weighted by Gasteiger charge is -2.16. The van der Waals surface area contributed by atoms with Gasteiger partial charge in [0, 0.05) is 26.5 Å². The summed E-state index contributed by atoms with van der Waals surface area (Å²) in [5.74, 6) is 0.952. The number of halogens is 1. The maximum absolute atomic E-state index is 8.16. The van der Waals surface area contributed by atoms with E-state index in [1.807, 2.05) is 6.92 Å². The lowest BCUT2D eigenvalue weighted by molar-refractivity contribution is 0.158. The highest BCUT2D eigenvalue weighted by Gasteiger charge is 2.18. The fourth-order valence-electron chi connectivity index (χ4n) is 2.00. The van der Waals surface area contributed by atoms with Crippen LogP contribution in [0.3, 0.4) is 0 Å². The van der Waals surface area contributed by atoms with Gasteiger partial charge in [-0.15, -0.1) is 0 Å². The molecule has 2 rings (SSSR count). The highest BCUT2D eigenvalue weighted by molar-refractivity contribution is 6.28. The summed E-state index contributed by atoms with van der Waals surface area (Å²) in [5, 5.41) is 14.4. The summed E-state index contributed by atoms with van der Waals surface area (Å²) < 4.78 is 10.4. The lowest BCUT2D eigenvalue weighted by Crippen LogP contribution is -2.18. The molecule has 0 saturated carbocycles. The van der Waals surface area contributed by atoms with Crippen molar-refractivity contribution < 1.29 is 9.47 Å². The fourth-order valence-corrected chi connectivity index (χ4v) is 2.17. The Morgan fingerprint density at radius 3 is 2.88 bits per heavy atom. The van der Waals surface area contributed by atoms with Gasteiger partial charge in [-0.3, -0.25) is 0 Å². The molecule has 9 nitrogen and oxygen atoms in total. The van der Waals surface area contributed by atoms with Gasteiger partial charge in [-0.1, -0.05) is 0 Å². The summed E-state index contributed by atoms with van der Waals surface area (Å²) in [5.41, 5.74) is 1.07. The number of nitrogens with one attached hydrogen (secondary N) is 3. The zero-order valence-corrected chi connectivity index (χ0v) is 14.8. The fraction of sp³-hybridized carbons (Fsp3) is 0.400. The minimum Gasteiger partial charge on any atom is -0.380 e. The third-order valence-corrected chi connectivity index (χ3v) is 3.21. The van der Waals surface area contributed by atoms with Gasteiger partial charge in [0.25, 0.3) is 0 Å². The van der Waals surface area contributed by atoms with Gasteiger partial charge in [0.2, 0.25) is 5.28 Å². The molecule has 2 aromatic heterocycles. The van der Waals surface area contributed by atoms with Crippen molar-refractivity contribution in [2.75, 3.05) is 44.1 Å². The Labute approximate surface area is 150 Å². The van der Waals surface area contributed by atoms with Crippen LogP contribution < -0.4 is 10.6 Å². The zero-order chi connectivity index (χ0) is 18.1. The normalized spacial score (nSPS) is 10.5. The molecule has 2 heterocycles. The van der Waals surface area contributed by atoms with E-state index in [1.165, 1.54) is 13.4 Å². The molecule has 0 atom stereocenters. The Kier molecular flexibility index (Phi) is 7.45. The molecule has 0 amide bonds. The van der Waals surface area contributed by atoms with Crippen molar-refractivity contribution in [2.45, 2.75) is 6.92 Å². The quantitative estimate of drug-likeness (QED) is 0.333. The SMILES string of the molecule is CCOCCNc1c(Nc2ccncn2)nc(Cl)nc1C(=N)COC. The Morgan fingerprint density at radius 2 is 2.20 bits per heavy atom. The number of methoxy groups -OCH3 is 1. The van der Waals surface area contributed by atoms with Crippen LogP contribution in [-0.2, 0) is 9.47 Å². The Morgan fingerprint density at radius 1 is 1.36 bits per heavy atom. The van der Waals surface area contributed by atoms with Gasteiger partial charge in [-0.25, -0.2) is 15.0 Å². The molecule has 10 heteroatoms. The van der Waals surface area contributed by atoms with E-state index in [9.17, 15) is 0 Å². The van der Waals surface area contributed by atoms with Gasteiger partial charge < -0.3 is 25.5 Å². The number of nitrogens with zero attached hydrogens (tertiary/aromatic N) is 4. The number of ether oxygens (including phenoxy) is 2. The number of rotatable bonds is 10. The van der Waals surface area contributed by atoms with Gasteiger partial charge in [-0.2, -0.15) is 4.98 Å². The molecule has 0 aliphatic rings. The van der Waals surface area contributed by atoms with E-state index in [4.69, 9.17) is 26.5 Å². The standard InChI is InChI=1S/C15H20ClN7O2/c1-3-25-7-6-19-13-12(10(17)8-24-2)22-15(16)23-14(13)21-11-4-5-18-9-20-11/h4-5,9,17,19H,3,6-8H2,1-2H3,(H,18,20,21,22,23). The minimum atomic E-state index is 0.0165. The molecule has 0 bridgehead atoms. The summed E-state index contributed by atoms with van der Waals surface area (Å²) in [4.78, 5) is 16.4. The third-order valence-electron chi connectivity index (χ3n) is 3.04. The van der Waals surface area contributed by atoms with Crippen LogP contribution in [0.25, 0.3) is 0 Å². The van der Waals surface area contributed by atoms with Crippen molar-refractivity contribution in [3.63, 3.8) is 0 Å². The van der Waals surface area contributed by atoms with E-state index < -0.39 is 0 Å². The van der Waals surface area contributed by atoms with Crippen molar-refractivity contribution >= 4 is 34.6 Å². The third kappa shape index (κ3) is 5.59. The average Bonchev–Trinajstić information content (AvgIpc) is 2.61. The molecular formula is C15H20ClN7O2. The smallest absolute Gasteiger partial charge is 0.225 e. The van der Waals surface area contributed by atoms with Gasteiger partial charge in [0.15, 0.2) is 5.82 Å². The van der Waals surface area contributed by atoms with Crippen molar-refractivity contribution in [1.82, 2.24) is 19.9 Å². The lowest BCUT2D eigenvalue weighted by atomic mass is 10.2. The van der Waals surface area contributed by atoms with Crippen LogP contribution in [0, 0.1) is 5.41 Å². The molecule has 25 heavy (non-hydrogen) atoms. The Bertz CT molecular complexity index is 700. The molecule has 0 unspecified atom stereocenters. The van der Waals surface area contributed by atoms with Crippen LogP contribution in [-0.4, -0.2) is 59.1 Å². The Hall–Kier alpha value is -2.36. The molecule has 0 fully saturated rings. The molecule has 0 aliphatic carbocycles. The molecule has 0 aromatic carbocycles. The summed E-state index contributed by atoms with van der Waals surface area (Å²) in [7, 11) is 1.51. The van der Waals surface area contributed by atoms with E-state index in [2.05, 4.69) is 30.6 Å². The second kappa shape index (κ2) is 9.82. The second-order valence-corrected chi connectivity index (χ2v) is 5.16. The van der Waals surface area contributed by atoms with E-state index in [0.717, 1.165) is 0 Å². The minimum absolute atomic E-state index is 0.0165. The van der Waals surface area contributed by atoms with Gasteiger partial charge in [-0.05, 0) is 24.6 Å². The van der Waals surface area contributed by atoms with E-state index >= 15 is 0 Å². The number of hydrogen-bond donors (Lipinski definition) is 3. The van der Waals surface area contributed by atoms with E-state index in [1.54, 1.807) is 12.3 Å². The predicted molar refractivity (Wildman–Crippen MR) is 96.0 cm³/mol.